The van der Waals surface area contributed by atoms with Crippen molar-refractivity contribution in [2.24, 2.45) is 0 Å². The molecule has 2 aromatic rings. The van der Waals surface area contributed by atoms with Gasteiger partial charge < -0.3 is 18.9 Å². The first-order valence-electron chi connectivity index (χ1n) is 9.76. The lowest BCUT2D eigenvalue weighted by Crippen LogP contribution is -2.10. The molecule has 0 aliphatic rings. The molecule has 0 saturated heterocycles. The average Bonchev–Trinajstić information content (AvgIpc) is 2.78. The second-order valence-corrected chi connectivity index (χ2v) is 6.98. The van der Waals surface area contributed by atoms with Gasteiger partial charge in [0.05, 0.1) is 0 Å². The zero-order valence-corrected chi connectivity index (χ0v) is 18.7. The average molecular weight is 462 g/mol. The Hall–Kier alpha value is -4.72. The molecular weight excluding hydrogens is 440 g/mol. The number of ether oxygens (including phenoxy) is 4. The molecule has 0 amide bonds. The summed E-state index contributed by atoms with van der Waals surface area (Å²) in [7, 11) is 0. The molecular formula is C26H22O8. The molecule has 2 aromatic carbocycles. The highest BCUT2D eigenvalue weighted by molar-refractivity contribution is 5.90. The van der Waals surface area contributed by atoms with Crippen molar-refractivity contribution in [3.8, 4) is 34.1 Å². The molecule has 0 radical (unpaired) electrons. The number of carbonyl (C=O) groups is 4. The number of rotatable bonds is 9. The monoisotopic (exact) mass is 462 g/mol. The minimum atomic E-state index is -0.738. The number of hydrogen-bond donors (Lipinski definition) is 0. The molecule has 0 heterocycles. The highest BCUT2D eigenvalue weighted by Gasteiger charge is 2.15. The third-order valence-electron chi connectivity index (χ3n) is 3.98. The van der Waals surface area contributed by atoms with Gasteiger partial charge >= 0.3 is 23.9 Å². The fourth-order valence-electron chi connectivity index (χ4n) is 2.42. The summed E-state index contributed by atoms with van der Waals surface area (Å²) >= 11 is 0. The molecule has 0 atom stereocenters. The topological polar surface area (TPSA) is 105 Å². The highest BCUT2D eigenvalue weighted by Crippen LogP contribution is 2.35. The maximum absolute atomic E-state index is 12.0. The first-order chi connectivity index (χ1) is 16.0. The first-order valence-corrected chi connectivity index (χ1v) is 9.76. The van der Waals surface area contributed by atoms with Gasteiger partial charge in [0.25, 0.3) is 0 Å². The molecule has 0 spiro atoms. The van der Waals surface area contributed by atoms with Gasteiger partial charge in [-0.3, -0.25) is 0 Å². The second kappa shape index (κ2) is 11.2. The van der Waals surface area contributed by atoms with Crippen LogP contribution in [0.2, 0.25) is 0 Å². The van der Waals surface area contributed by atoms with Crippen LogP contribution in [0.15, 0.2) is 86.0 Å². The summed E-state index contributed by atoms with van der Waals surface area (Å²) in [6, 6.07) is 8.55. The summed E-state index contributed by atoms with van der Waals surface area (Å²) in [5.74, 6) is -2.68. The van der Waals surface area contributed by atoms with E-state index in [-0.39, 0.29) is 34.1 Å². The predicted molar refractivity (Wildman–Crippen MR) is 124 cm³/mol. The van der Waals surface area contributed by atoms with Crippen LogP contribution in [0.25, 0.3) is 11.1 Å². The zero-order valence-electron chi connectivity index (χ0n) is 18.7. The van der Waals surface area contributed by atoms with Crippen molar-refractivity contribution in [3.63, 3.8) is 0 Å². The predicted octanol–water partition coefficient (Wildman–Crippen LogP) is 4.50. The van der Waals surface area contributed by atoms with Crippen LogP contribution in [0.1, 0.15) is 13.8 Å². The Morgan fingerprint density at radius 2 is 0.882 bits per heavy atom. The van der Waals surface area contributed by atoms with E-state index in [0.717, 1.165) is 12.2 Å². The molecule has 8 nitrogen and oxygen atoms in total. The molecule has 0 fully saturated rings. The zero-order chi connectivity index (χ0) is 25.4. The van der Waals surface area contributed by atoms with Gasteiger partial charge in [0.2, 0.25) is 0 Å². The van der Waals surface area contributed by atoms with E-state index in [1.807, 2.05) is 0 Å². The SMILES string of the molecule is C=CC(=O)Oc1cc(OC(=O)C=C)cc(-c2cc(OC(=O)C(=C)C)cc(OC(=O)C(=C)C)c2)c1. The minimum absolute atomic E-state index is 0.0408. The van der Waals surface area contributed by atoms with E-state index in [1.165, 1.54) is 50.2 Å². The molecule has 0 N–H and O–H groups in total. The highest BCUT2D eigenvalue weighted by atomic mass is 16.6. The van der Waals surface area contributed by atoms with E-state index in [1.54, 1.807) is 0 Å². The van der Waals surface area contributed by atoms with Gasteiger partial charge in [-0.1, -0.05) is 26.3 Å². The molecule has 2 rings (SSSR count). The van der Waals surface area contributed by atoms with Crippen molar-refractivity contribution in [1.29, 1.82) is 0 Å². The fraction of sp³-hybridized carbons (Fsp3) is 0.0769. The summed E-state index contributed by atoms with van der Waals surface area (Å²) in [5, 5.41) is 0. The lowest BCUT2D eigenvalue weighted by molar-refractivity contribution is -0.131. The van der Waals surface area contributed by atoms with Gasteiger partial charge in [0, 0.05) is 35.4 Å². The minimum Gasteiger partial charge on any atom is -0.423 e. The van der Waals surface area contributed by atoms with Gasteiger partial charge in [-0.2, -0.15) is 0 Å². The van der Waals surface area contributed by atoms with Crippen LogP contribution >= 0.6 is 0 Å². The Kier molecular flexibility index (Phi) is 8.44. The lowest BCUT2D eigenvalue weighted by atomic mass is 10.0. The van der Waals surface area contributed by atoms with Crippen LogP contribution in [0.3, 0.4) is 0 Å². The maximum Gasteiger partial charge on any atom is 0.338 e. The van der Waals surface area contributed by atoms with Gasteiger partial charge in [-0.05, 0) is 49.2 Å². The van der Waals surface area contributed by atoms with E-state index >= 15 is 0 Å². The van der Waals surface area contributed by atoms with E-state index in [0.29, 0.717) is 11.1 Å². The Morgan fingerprint density at radius 3 is 1.15 bits per heavy atom. The van der Waals surface area contributed by atoms with Crippen LogP contribution < -0.4 is 18.9 Å². The van der Waals surface area contributed by atoms with Crippen molar-refractivity contribution in [1.82, 2.24) is 0 Å². The molecule has 174 valence electrons. The molecule has 8 heteroatoms. The molecule has 0 unspecified atom stereocenters. The molecule has 0 aromatic heterocycles. The quantitative estimate of drug-likeness (QED) is 0.305. The van der Waals surface area contributed by atoms with E-state index < -0.39 is 23.9 Å². The van der Waals surface area contributed by atoms with E-state index in [4.69, 9.17) is 18.9 Å². The van der Waals surface area contributed by atoms with Crippen LogP contribution in [-0.2, 0) is 19.2 Å². The van der Waals surface area contributed by atoms with Gasteiger partial charge in [-0.25, -0.2) is 19.2 Å². The van der Waals surface area contributed by atoms with Gasteiger partial charge in [0.15, 0.2) is 0 Å². The fourth-order valence-corrected chi connectivity index (χ4v) is 2.42. The van der Waals surface area contributed by atoms with Gasteiger partial charge in [0.1, 0.15) is 23.0 Å². The Labute approximate surface area is 196 Å². The van der Waals surface area contributed by atoms with Crippen LogP contribution in [0.5, 0.6) is 23.0 Å². The molecule has 34 heavy (non-hydrogen) atoms. The van der Waals surface area contributed by atoms with Crippen molar-refractivity contribution >= 4 is 23.9 Å². The molecule has 0 bridgehead atoms. The summed E-state index contributed by atoms with van der Waals surface area (Å²) in [6.45, 7) is 16.7. The van der Waals surface area contributed by atoms with Crippen LogP contribution in [0, 0.1) is 0 Å². The van der Waals surface area contributed by atoms with Crippen LogP contribution in [-0.4, -0.2) is 23.9 Å². The number of hydrogen-bond acceptors (Lipinski definition) is 8. The van der Waals surface area contributed by atoms with Crippen molar-refractivity contribution in [2.75, 3.05) is 0 Å². The number of carbonyl (C=O) groups excluding carboxylic acids is 4. The first kappa shape index (κ1) is 25.5. The Bertz CT molecular complexity index is 1130. The van der Waals surface area contributed by atoms with Crippen molar-refractivity contribution < 1.29 is 38.1 Å². The molecule has 0 aliphatic heterocycles. The third-order valence-corrected chi connectivity index (χ3v) is 3.98. The molecule has 0 aliphatic carbocycles. The maximum atomic E-state index is 12.0. The summed E-state index contributed by atoms with van der Waals surface area (Å²) < 4.78 is 20.9. The van der Waals surface area contributed by atoms with Crippen molar-refractivity contribution in [3.05, 3.63) is 86.0 Å². The Balaban J connectivity index is 2.64. The number of esters is 4. The second-order valence-electron chi connectivity index (χ2n) is 6.98. The van der Waals surface area contributed by atoms with E-state index in [2.05, 4.69) is 26.3 Å². The van der Waals surface area contributed by atoms with Gasteiger partial charge in [-0.15, -0.1) is 0 Å². The molecule has 0 saturated carbocycles. The third kappa shape index (κ3) is 7.16. The normalized spacial score (nSPS) is 9.82. The summed E-state index contributed by atoms with van der Waals surface area (Å²) in [6.07, 6.45) is 1.93. The summed E-state index contributed by atoms with van der Waals surface area (Å²) in [5.41, 5.74) is 1.07. The van der Waals surface area contributed by atoms with E-state index in [9.17, 15) is 19.2 Å². The standard InChI is InChI=1S/C26H22O8/c1-7-23(27)31-19-9-17(10-20(13-19)32-24(28)8-2)18-11-21(33-25(29)15(3)4)14-22(12-18)34-26(30)16(5)6/h7-14H,1-3,5H2,4,6H3. The number of benzene rings is 2. The Morgan fingerprint density at radius 1 is 0.588 bits per heavy atom. The van der Waals surface area contributed by atoms with Crippen molar-refractivity contribution in [2.45, 2.75) is 13.8 Å². The lowest BCUT2D eigenvalue weighted by Gasteiger charge is -2.13. The largest absolute Gasteiger partial charge is 0.423 e. The van der Waals surface area contributed by atoms with Crippen LogP contribution in [0.4, 0.5) is 0 Å². The smallest absolute Gasteiger partial charge is 0.338 e. The summed E-state index contributed by atoms with van der Waals surface area (Å²) in [4.78, 5) is 47.5.